The number of hydrogen-bond donors (Lipinski definition) is 2. The van der Waals surface area contributed by atoms with Crippen LogP contribution in [0.5, 0.6) is 5.75 Å². The van der Waals surface area contributed by atoms with Gasteiger partial charge in [0, 0.05) is 5.69 Å². The van der Waals surface area contributed by atoms with E-state index >= 15 is 0 Å². The number of anilines is 1. The molecule has 0 aromatic heterocycles. The maximum Gasteiger partial charge on any atom is 0.335 e. The fraction of sp³-hybridized carbons (Fsp3) is 0.0588. The third kappa shape index (κ3) is 3.87. The number of amides is 1. The van der Waals surface area contributed by atoms with Crippen LogP contribution >= 0.6 is 0 Å². The lowest BCUT2D eigenvalue weighted by Crippen LogP contribution is -2.20. The molecule has 2 aromatic carbocycles. The van der Waals surface area contributed by atoms with Crippen LogP contribution in [0.4, 0.5) is 5.69 Å². The summed E-state index contributed by atoms with van der Waals surface area (Å²) in [6.07, 6.45) is 5.34. The number of benzene rings is 2. The van der Waals surface area contributed by atoms with Crippen molar-refractivity contribution in [3.63, 3.8) is 0 Å². The number of carboxylic acids is 1. The molecular formula is C17H13NO4. The van der Waals surface area contributed by atoms with E-state index in [-0.39, 0.29) is 12.2 Å². The standard InChI is InChI=1S/C17H13NO4/c1-2-12-6-3-4-9-15(12)22-11-16(19)18-14-8-5-7-13(10-14)17(20)21/h1,3-10H,11H2,(H,18,19)(H,20,21). The number of aromatic carboxylic acids is 1. The van der Waals surface area contributed by atoms with Crippen molar-refractivity contribution in [3.8, 4) is 18.1 Å². The second-order valence-electron chi connectivity index (χ2n) is 4.36. The van der Waals surface area contributed by atoms with Gasteiger partial charge in [-0.05, 0) is 30.3 Å². The van der Waals surface area contributed by atoms with Crippen LogP contribution in [-0.4, -0.2) is 23.6 Å². The summed E-state index contributed by atoms with van der Waals surface area (Å²) < 4.78 is 5.37. The van der Waals surface area contributed by atoms with Crippen molar-refractivity contribution in [2.45, 2.75) is 0 Å². The third-order valence-corrected chi connectivity index (χ3v) is 2.79. The molecular weight excluding hydrogens is 282 g/mol. The van der Waals surface area contributed by atoms with Gasteiger partial charge in [0.15, 0.2) is 6.61 Å². The van der Waals surface area contributed by atoms with Gasteiger partial charge in [0.1, 0.15) is 5.75 Å². The van der Waals surface area contributed by atoms with Crippen LogP contribution in [0.25, 0.3) is 0 Å². The highest BCUT2D eigenvalue weighted by Gasteiger charge is 2.08. The monoisotopic (exact) mass is 295 g/mol. The minimum Gasteiger partial charge on any atom is -0.482 e. The Kier molecular flexibility index (Phi) is 4.78. The summed E-state index contributed by atoms with van der Waals surface area (Å²) in [7, 11) is 0. The van der Waals surface area contributed by atoms with Gasteiger partial charge >= 0.3 is 5.97 Å². The number of ether oxygens (including phenoxy) is 1. The van der Waals surface area contributed by atoms with Crippen LogP contribution in [-0.2, 0) is 4.79 Å². The zero-order valence-electron chi connectivity index (χ0n) is 11.6. The first kappa shape index (κ1) is 15.1. The van der Waals surface area contributed by atoms with E-state index in [1.807, 2.05) is 0 Å². The number of rotatable bonds is 5. The quantitative estimate of drug-likeness (QED) is 0.830. The molecule has 0 aliphatic rings. The molecule has 5 nitrogen and oxygen atoms in total. The molecule has 2 rings (SSSR count). The zero-order chi connectivity index (χ0) is 15.9. The SMILES string of the molecule is C#Cc1ccccc1OCC(=O)Nc1cccc(C(=O)O)c1. The maximum atomic E-state index is 11.8. The molecule has 0 spiro atoms. The highest BCUT2D eigenvalue weighted by Crippen LogP contribution is 2.16. The molecule has 22 heavy (non-hydrogen) atoms. The molecule has 0 unspecified atom stereocenters. The Bertz CT molecular complexity index is 746. The van der Waals surface area contributed by atoms with Gasteiger partial charge in [0.25, 0.3) is 5.91 Å². The smallest absolute Gasteiger partial charge is 0.335 e. The van der Waals surface area contributed by atoms with E-state index < -0.39 is 11.9 Å². The van der Waals surface area contributed by atoms with E-state index in [0.717, 1.165) is 0 Å². The van der Waals surface area contributed by atoms with Gasteiger partial charge in [-0.1, -0.05) is 24.1 Å². The zero-order valence-corrected chi connectivity index (χ0v) is 11.6. The number of hydrogen-bond acceptors (Lipinski definition) is 3. The Morgan fingerprint density at radius 3 is 2.68 bits per heavy atom. The summed E-state index contributed by atoms with van der Waals surface area (Å²) in [6.45, 7) is -0.226. The van der Waals surface area contributed by atoms with E-state index in [4.69, 9.17) is 16.3 Å². The van der Waals surface area contributed by atoms with Crippen molar-refractivity contribution in [1.29, 1.82) is 0 Å². The number of terminal acetylenes is 1. The lowest BCUT2D eigenvalue weighted by molar-refractivity contribution is -0.118. The fourth-order valence-electron chi connectivity index (χ4n) is 1.78. The first-order valence-corrected chi connectivity index (χ1v) is 6.42. The predicted octanol–water partition coefficient (Wildman–Crippen LogP) is 2.38. The summed E-state index contributed by atoms with van der Waals surface area (Å²) >= 11 is 0. The van der Waals surface area contributed by atoms with Gasteiger partial charge in [-0.3, -0.25) is 4.79 Å². The molecule has 0 fully saturated rings. The van der Waals surface area contributed by atoms with Crippen LogP contribution in [0.1, 0.15) is 15.9 Å². The van der Waals surface area contributed by atoms with E-state index in [9.17, 15) is 9.59 Å². The number of para-hydroxylation sites is 1. The molecule has 1 amide bonds. The van der Waals surface area contributed by atoms with Crippen molar-refractivity contribution < 1.29 is 19.4 Å². The minimum atomic E-state index is -1.06. The lowest BCUT2D eigenvalue weighted by Gasteiger charge is -2.09. The van der Waals surface area contributed by atoms with Crippen LogP contribution in [0.3, 0.4) is 0 Å². The van der Waals surface area contributed by atoms with Crippen molar-refractivity contribution in [3.05, 3.63) is 59.7 Å². The third-order valence-electron chi connectivity index (χ3n) is 2.79. The van der Waals surface area contributed by atoms with Gasteiger partial charge in [0.2, 0.25) is 0 Å². The number of carbonyl (C=O) groups is 2. The van der Waals surface area contributed by atoms with Crippen molar-refractivity contribution in [1.82, 2.24) is 0 Å². The van der Waals surface area contributed by atoms with E-state index in [0.29, 0.717) is 17.0 Å². The summed E-state index contributed by atoms with van der Waals surface area (Å²) in [6, 6.07) is 12.9. The normalized spacial score (nSPS) is 9.59. The molecule has 0 radical (unpaired) electrons. The molecule has 0 aliphatic heterocycles. The maximum absolute atomic E-state index is 11.8. The minimum absolute atomic E-state index is 0.0939. The largest absolute Gasteiger partial charge is 0.482 e. The highest BCUT2D eigenvalue weighted by molar-refractivity contribution is 5.94. The summed E-state index contributed by atoms with van der Waals surface area (Å²) in [5.74, 6) is 1.44. The summed E-state index contributed by atoms with van der Waals surface area (Å²) in [5.41, 5.74) is 1.04. The first-order valence-electron chi connectivity index (χ1n) is 6.42. The van der Waals surface area contributed by atoms with Gasteiger partial charge in [-0.25, -0.2) is 4.79 Å². The van der Waals surface area contributed by atoms with Crippen LogP contribution in [0, 0.1) is 12.3 Å². The average molecular weight is 295 g/mol. The Labute approximate surface area is 127 Å². The second-order valence-corrected chi connectivity index (χ2v) is 4.36. The number of carboxylic acid groups (broad SMARTS) is 1. The lowest BCUT2D eigenvalue weighted by atomic mass is 10.2. The van der Waals surface area contributed by atoms with Gasteiger partial charge in [0.05, 0.1) is 11.1 Å². The molecule has 0 bridgehead atoms. The topological polar surface area (TPSA) is 75.6 Å². The number of nitrogens with one attached hydrogen (secondary N) is 1. The Morgan fingerprint density at radius 1 is 1.18 bits per heavy atom. The van der Waals surface area contributed by atoms with Gasteiger partial charge in [-0.2, -0.15) is 0 Å². The molecule has 2 N–H and O–H groups in total. The Balaban J connectivity index is 1.98. The summed E-state index contributed by atoms with van der Waals surface area (Å²) in [4.78, 5) is 22.7. The number of carbonyl (C=O) groups excluding carboxylic acids is 1. The molecule has 110 valence electrons. The van der Waals surface area contributed by atoms with Crippen LogP contribution in [0.2, 0.25) is 0 Å². The first-order chi connectivity index (χ1) is 10.6. The van der Waals surface area contributed by atoms with Crippen LogP contribution < -0.4 is 10.1 Å². The van der Waals surface area contributed by atoms with Crippen molar-refractivity contribution in [2.75, 3.05) is 11.9 Å². The molecule has 0 heterocycles. The van der Waals surface area contributed by atoms with Crippen molar-refractivity contribution >= 4 is 17.6 Å². The molecule has 0 saturated carbocycles. The molecule has 5 heteroatoms. The van der Waals surface area contributed by atoms with E-state index in [2.05, 4.69) is 11.2 Å². The van der Waals surface area contributed by atoms with E-state index in [1.54, 1.807) is 36.4 Å². The van der Waals surface area contributed by atoms with Gasteiger partial charge < -0.3 is 15.2 Å². The fourth-order valence-corrected chi connectivity index (χ4v) is 1.78. The molecule has 0 atom stereocenters. The van der Waals surface area contributed by atoms with E-state index in [1.165, 1.54) is 12.1 Å². The van der Waals surface area contributed by atoms with Gasteiger partial charge in [-0.15, -0.1) is 6.42 Å². The molecule has 0 saturated heterocycles. The van der Waals surface area contributed by atoms with Crippen LogP contribution in [0.15, 0.2) is 48.5 Å². The van der Waals surface area contributed by atoms with Crippen molar-refractivity contribution in [2.24, 2.45) is 0 Å². The average Bonchev–Trinajstić information content (AvgIpc) is 2.53. The second kappa shape index (κ2) is 6.95. The highest BCUT2D eigenvalue weighted by atomic mass is 16.5. The molecule has 2 aromatic rings. The Morgan fingerprint density at radius 2 is 1.95 bits per heavy atom. The molecule has 0 aliphatic carbocycles. The summed E-state index contributed by atoms with van der Waals surface area (Å²) in [5, 5.41) is 11.5. The predicted molar refractivity (Wildman–Crippen MR) is 81.9 cm³/mol. The Hall–Kier alpha value is -3.26.